The van der Waals surface area contributed by atoms with Crippen LogP contribution in [0.5, 0.6) is 0 Å². The molecule has 5 rings (SSSR count). The Morgan fingerprint density at radius 1 is 1.00 bits per heavy atom. The lowest BCUT2D eigenvalue weighted by Gasteiger charge is -2.35. The van der Waals surface area contributed by atoms with Gasteiger partial charge in [0.1, 0.15) is 0 Å². The fraction of sp³-hybridized carbons (Fsp3) is 0.269. The summed E-state index contributed by atoms with van der Waals surface area (Å²) in [5.41, 5.74) is 5.20. The van der Waals surface area contributed by atoms with Gasteiger partial charge in [0, 0.05) is 29.8 Å². The minimum absolute atomic E-state index is 0.0232. The lowest BCUT2D eigenvalue weighted by molar-refractivity contribution is 0.0940. The molecule has 4 unspecified atom stereocenters. The molecule has 0 saturated heterocycles. The van der Waals surface area contributed by atoms with E-state index in [0.717, 1.165) is 11.3 Å². The second-order valence-corrected chi connectivity index (χ2v) is 8.34. The number of hydrogen-bond acceptors (Lipinski definition) is 3. The molecule has 2 N–H and O–H groups in total. The minimum atomic E-state index is -0.490. The largest absolute Gasteiger partial charge is 0.391 e. The Balaban J connectivity index is 1.48. The maximum atomic E-state index is 13.2. The number of carbonyl (C=O) groups is 1. The first kappa shape index (κ1) is 19.0. The van der Waals surface area contributed by atoms with Crippen molar-refractivity contribution in [3.8, 4) is 0 Å². The van der Waals surface area contributed by atoms with Crippen molar-refractivity contribution in [2.24, 2.45) is 0 Å². The molecule has 0 spiro atoms. The van der Waals surface area contributed by atoms with Gasteiger partial charge in [-0.05, 0) is 48.2 Å². The first-order chi connectivity index (χ1) is 14.6. The third-order valence-corrected chi connectivity index (χ3v) is 6.46. The Bertz CT molecular complexity index is 1050. The number of carbonyl (C=O) groups excluding carboxylic acids is 1. The predicted molar refractivity (Wildman–Crippen MR) is 119 cm³/mol. The number of aliphatic hydroxyl groups excluding tert-OH is 1. The maximum Gasteiger partial charge on any atom is 0.258 e. The zero-order valence-corrected chi connectivity index (χ0v) is 17.0. The van der Waals surface area contributed by atoms with Crippen molar-refractivity contribution >= 4 is 11.6 Å². The van der Waals surface area contributed by atoms with Gasteiger partial charge >= 0.3 is 0 Å². The third-order valence-electron chi connectivity index (χ3n) is 6.46. The number of hydrogen-bond donors (Lipinski definition) is 2. The van der Waals surface area contributed by atoms with Crippen LogP contribution in [0.1, 0.15) is 58.4 Å². The van der Waals surface area contributed by atoms with E-state index in [2.05, 4.69) is 30.4 Å². The van der Waals surface area contributed by atoms with E-state index < -0.39 is 6.10 Å². The summed E-state index contributed by atoms with van der Waals surface area (Å²) >= 11 is 0. The summed E-state index contributed by atoms with van der Waals surface area (Å²) in [7, 11) is 0. The fourth-order valence-corrected chi connectivity index (χ4v) is 5.00. The van der Waals surface area contributed by atoms with E-state index in [1.165, 1.54) is 11.1 Å². The Kier molecular flexibility index (Phi) is 4.89. The van der Waals surface area contributed by atoms with Gasteiger partial charge in [-0.3, -0.25) is 4.79 Å². The number of rotatable bonds is 4. The van der Waals surface area contributed by atoms with Crippen LogP contribution in [0.2, 0.25) is 0 Å². The summed E-state index contributed by atoms with van der Waals surface area (Å²) in [6.07, 6.45) is 0.164. The molecule has 1 aliphatic heterocycles. The second kappa shape index (κ2) is 7.71. The highest BCUT2D eigenvalue weighted by molar-refractivity contribution is 6.07. The normalized spacial score (nSPS) is 23.1. The summed E-state index contributed by atoms with van der Waals surface area (Å²) in [6, 6.07) is 25.8. The van der Waals surface area contributed by atoms with Gasteiger partial charge in [0.2, 0.25) is 0 Å². The summed E-state index contributed by atoms with van der Waals surface area (Å²) in [6.45, 7) is 2.75. The Morgan fingerprint density at radius 2 is 1.70 bits per heavy atom. The predicted octanol–water partition coefficient (Wildman–Crippen LogP) is 4.59. The van der Waals surface area contributed by atoms with E-state index in [1.54, 1.807) is 0 Å². The first-order valence-electron chi connectivity index (χ1n) is 10.6. The van der Waals surface area contributed by atoms with Crippen molar-refractivity contribution in [1.29, 1.82) is 0 Å². The van der Waals surface area contributed by atoms with Crippen LogP contribution in [-0.2, 0) is 0 Å². The number of nitrogens with one attached hydrogen (secondary N) is 1. The van der Waals surface area contributed by atoms with E-state index in [0.29, 0.717) is 18.5 Å². The number of aliphatic hydroxyl groups is 1. The molecule has 4 atom stereocenters. The molecule has 0 saturated carbocycles. The molecular formula is C26H26N2O2. The SMILES string of the molecule is CC(NC1c2cccc3c2C(CC1O)CN3C(=O)c1ccccc1)c1ccccc1. The third kappa shape index (κ3) is 3.22. The monoisotopic (exact) mass is 398 g/mol. The molecule has 4 heteroatoms. The highest BCUT2D eigenvalue weighted by Gasteiger charge is 2.42. The molecule has 2 aliphatic rings. The van der Waals surface area contributed by atoms with Crippen molar-refractivity contribution in [3.05, 3.63) is 101 Å². The van der Waals surface area contributed by atoms with Crippen molar-refractivity contribution in [3.63, 3.8) is 0 Å². The van der Waals surface area contributed by atoms with Crippen molar-refractivity contribution in [1.82, 2.24) is 5.32 Å². The molecular weight excluding hydrogens is 372 g/mol. The molecule has 1 amide bonds. The average Bonchev–Trinajstić information content (AvgIpc) is 3.16. The van der Waals surface area contributed by atoms with Gasteiger partial charge in [-0.1, -0.05) is 60.7 Å². The van der Waals surface area contributed by atoms with Gasteiger partial charge in [-0.25, -0.2) is 0 Å². The Morgan fingerprint density at radius 3 is 2.43 bits per heavy atom. The highest BCUT2D eigenvalue weighted by atomic mass is 16.3. The van der Waals surface area contributed by atoms with Crippen LogP contribution < -0.4 is 10.2 Å². The van der Waals surface area contributed by atoms with Gasteiger partial charge < -0.3 is 15.3 Å². The summed E-state index contributed by atoms with van der Waals surface area (Å²) in [5.74, 6) is 0.194. The molecule has 0 aromatic heterocycles. The number of amides is 1. The molecule has 1 heterocycles. The zero-order valence-electron chi connectivity index (χ0n) is 17.0. The van der Waals surface area contributed by atoms with Gasteiger partial charge in [0.15, 0.2) is 0 Å². The van der Waals surface area contributed by atoms with Crippen LogP contribution in [-0.4, -0.2) is 23.7 Å². The maximum absolute atomic E-state index is 13.2. The standard InChI is InChI=1S/C26H26N2O2/c1-17(18-9-4-2-5-10-18)27-25-21-13-8-14-22-24(21)20(15-23(25)29)16-28(22)26(30)19-11-6-3-7-12-19/h2-14,17,20,23,25,27,29H,15-16H2,1H3. The summed E-state index contributed by atoms with van der Waals surface area (Å²) in [5, 5.41) is 14.7. The van der Waals surface area contributed by atoms with E-state index in [-0.39, 0.29) is 23.9 Å². The number of benzene rings is 3. The van der Waals surface area contributed by atoms with Crippen LogP contribution >= 0.6 is 0 Å². The van der Waals surface area contributed by atoms with Crippen LogP contribution in [0, 0.1) is 0 Å². The molecule has 4 nitrogen and oxygen atoms in total. The summed E-state index contributed by atoms with van der Waals surface area (Å²) < 4.78 is 0. The molecule has 30 heavy (non-hydrogen) atoms. The van der Waals surface area contributed by atoms with E-state index in [4.69, 9.17) is 0 Å². The minimum Gasteiger partial charge on any atom is -0.391 e. The van der Waals surface area contributed by atoms with Crippen molar-refractivity contribution in [2.75, 3.05) is 11.4 Å². The fourth-order valence-electron chi connectivity index (χ4n) is 5.00. The molecule has 152 valence electrons. The highest BCUT2D eigenvalue weighted by Crippen LogP contribution is 2.48. The van der Waals surface area contributed by atoms with Gasteiger partial charge in [-0.2, -0.15) is 0 Å². The smallest absolute Gasteiger partial charge is 0.258 e. The molecule has 1 aliphatic carbocycles. The van der Waals surface area contributed by atoms with E-state index >= 15 is 0 Å². The van der Waals surface area contributed by atoms with Crippen LogP contribution in [0.3, 0.4) is 0 Å². The Hall–Kier alpha value is -2.95. The van der Waals surface area contributed by atoms with E-state index in [9.17, 15) is 9.90 Å². The molecule has 3 aromatic rings. The van der Waals surface area contributed by atoms with Gasteiger partial charge in [0.25, 0.3) is 5.91 Å². The molecule has 0 fully saturated rings. The summed E-state index contributed by atoms with van der Waals surface area (Å²) in [4.78, 5) is 15.1. The van der Waals surface area contributed by atoms with Gasteiger partial charge in [0.05, 0.1) is 12.1 Å². The lowest BCUT2D eigenvalue weighted by atomic mass is 9.79. The number of anilines is 1. The first-order valence-corrected chi connectivity index (χ1v) is 10.6. The molecule has 0 bridgehead atoms. The van der Waals surface area contributed by atoms with Crippen molar-refractivity contribution < 1.29 is 9.90 Å². The Labute approximate surface area is 177 Å². The van der Waals surface area contributed by atoms with Crippen LogP contribution in [0.25, 0.3) is 0 Å². The lowest BCUT2D eigenvalue weighted by Crippen LogP contribution is -2.38. The van der Waals surface area contributed by atoms with Crippen LogP contribution in [0.4, 0.5) is 5.69 Å². The molecule has 0 radical (unpaired) electrons. The quantitative estimate of drug-likeness (QED) is 0.676. The van der Waals surface area contributed by atoms with Gasteiger partial charge in [-0.15, -0.1) is 0 Å². The van der Waals surface area contributed by atoms with E-state index in [1.807, 2.05) is 65.6 Å². The van der Waals surface area contributed by atoms with Crippen molar-refractivity contribution in [2.45, 2.75) is 37.5 Å². The molecule has 3 aromatic carbocycles. The second-order valence-electron chi connectivity index (χ2n) is 8.34. The topological polar surface area (TPSA) is 52.6 Å². The van der Waals surface area contributed by atoms with Crippen LogP contribution in [0.15, 0.2) is 78.9 Å². The average molecular weight is 399 g/mol. The number of nitrogens with zero attached hydrogens (tertiary/aromatic N) is 1. The zero-order chi connectivity index (χ0) is 20.7.